The molecule has 0 spiro atoms. The molecule has 1 aliphatic rings. The van der Waals surface area contributed by atoms with Crippen LogP contribution in [0.15, 0.2) is 0 Å². The number of hydrogen-bond acceptors (Lipinski definition) is 2. The van der Waals surface area contributed by atoms with E-state index in [-0.39, 0.29) is 12.1 Å². The minimum atomic E-state index is -0.0159. The van der Waals surface area contributed by atoms with Gasteiger partial charge in [0.2, 0.25) is 5.91 Å². The Bertz CT molecular complexity index is 159. The Hall–Kier alpha value is -0.570. The predicted octanol–water partition coefficient (Wildman–Crippen LogP) is 1.38. The Balaban J connectivity index is 2.42. The Morgan fingerprint density at radius 1 is 1.67 bits per heavy atom. The first kappa shape index (κ1) is 9.52. The molecule has 0 radical (unpaired) electrons. The average Bonchev–Trinajstić information content (AvgIpc) is 2.05. The van der Waals surface area contributed by atoms with Crippen molar-refractivity contribution in [2.75, 3.05) is 13.2 Å². The summed E-state index contributed by atoms with van der Waals surface area (Å²) >= 11 is 0. The molecule has 0 N–H and O–H groups in total. The molecule has 0 bridgehead atoms. The van der Waals surface area contributed by atoms with Gasteiger partial charge in [0.15, 0.2) is 0 Å². The SMILES string of the molecule is CCCC(=O)N1CCCOC1C. The molecule has 0 aromatic carbocycles. The summed E-state index contributed by atoms with van der Waals surface area (Å²) in [5.41, 5.74) is 0. The van der Waals surface area contributed by atoms with E-state index in [1.165, 1.54) is 0 Å². The van der Waals surface area contributed by atoms with Crippen LogP contribution in [0.1, 0.15) is 33.1 Å². The van der Waals surface area contributed by atoms with E-state index in [2.05, 4.69) is 0 Å². The summed E-state index contributed by atoms with van der Waals surface area (Å²) in [4.78, 5) is 13.3. The Morgan fingerprint density at radius 2 is 2.42 bits per heavy atom. The Morgan fingerprint density at radius 3 is 3.00 bits per heavy atom. The third-order valence-corrected chi connectivity index (χ3v) is 2.13. The van der Waals surface area contributed by atoms with Gasteiger partial charge in [-0.25, -0.2) is 0 Å². The van der Waals surface area contributed by atoms with Crippen LogP contribution in [-0.2, 0) is 9.53 Å². The van der Waals surface area contributed by atoms with E-state index in [1.54, 1.807) is 0 Å². The molecule has 0 saturated carbocycles. The van der Waals surface area contributed by atoms with Crippen molar-refractivity contribution in [2.24, 2.45) is 0 Å². The molecule has 1 saturated heterocycles. The topological polar surface area (TPSA) is 29.5 Å². The second-order valence-corrected chi connectivity index (χ2v) is 3.16. The van der Waals surface area contributed by atoms with Crippen LogP contribution in [0.4, 0.5) is 0 Å². The first-order valence-electron chi connectivity index (χ1n) is 4.66. The molecule has 0 aromatic heterocycles. The van der Waals surface area contributed by atoms with Crippen molar-refractivity contribution in [1.29, 1.82) is 0 Å². The number of amides is 1. The highest BCUT2D eigenvalue weighted by Gasteiger charge is 2.22. The first-order valence-corrected chi connectivity index (χ1v) is 4.66. The number of carbonyl (C=O) groups is 1. The highest BCUT2D eigenvalue weighted by atomic mass is 16.5. The summed E-state index contributed by atoms with van der Waals surface area (Å²) < 4.78 is 5.36. The van der Waals surface area contributed by atoms with Gasteiger partial charge in [-0.2, -0.15) is 0 Å². The predicted molar refractivity (Wildman–Crippen MR) is 46.7 cm³/mol. The van der Waals surface area contributed by atoms with Gasteiger partial charge in [0.1, 0.15) is 6.23 Å². The Labute approximate surface area is 73.7 Å². The summed E-state index contributed by atoms with van der Waals surface area (Å²) in [5.74, 6) is 0.227. The van der Waals surface area contributed by atoms with Crippen LogP contribution in [0.2, 0.25) is 0 Å². The minimum Gasteiger partial charge on any atom is -0.359 e. The van der Waals surface area contributed by atoms with Crippen molar-refractivity contribution >= 4 is 5.91 Å². The first-order chi connectivity index (χ1) is 5.75. The fraction of sp³-hybridized carbons (Fsp3) is 0.889. The van der Waals surface area contributed by atoms with E-state index in [1.807, 2.05) is 18.7 Å². The van der Waals surface area contributed by atoms with Crippen LogP contribution in [-0.4, -0.2) is 30.2 Å². The fourth-order valence-corrected chi connectivity index (χ4v) is 1.45. The van der Waals surface area contributed by atoms with E-state index in [9.17, 15) is 4.79 Å². The van der Waals surface area contributed by atoms with Gasteiger partial charge in [0.25, 0.3) is 0 Å². The third kappa shape index (κ3) is 2.21. The van der Waals surface area contributed by atoms with Crippen molar-refractivity contribution in [3.63, 3.8) is 0 Å². The maximum absolute atomic E-state index is 11.5. The minimum absolute atomic E-state index is 0.0159. The summed E-state index contributed by atoms with van der Waals surface area (Å²) in [6.45, 7) is 5.61. The van der Waals surface area contributed by atoms with Crippen LogP contribution in [0.25, 0.3) is 0 Å². The number of carbonyl (C=O) groups excluding carboxylic acids is 1. The molecule has 12 heavy (non-hydrogen) atoms. The lowest BCUT2D eigenvalue weighted by molar-refractivity contribution is -0.151. The average molecular weight is 171 g/mol. The van der Waals surface area contributed by atoms with Crippen molar-refractivity contribution in [3.8, 4) is 0 Å². The van der Waals surface area contributed by atoms with E-state index >= 15 is 0 Å². The molecule has 1 amide bonds. The second kappa shape index (κ2) is 4.45. The lowest BCUT2D eigenvalue weighted by atomic mass is 10.2. The third-order valence-electron chi connectivity index (χ3n) is 2.13. The van der Waals surface area contributed by atoms with Gasteiger partial charge in [-0.1, -0.05) is 6.92 Å². The highest BCUT2D eigenvalue weighted by Crippen LogP contribution is 2.11. The molecule has 3 nitrogen and oxygen atoms in total. The zero-order chi connectivity index (χ0) is 8.97. The van der Waals surface area contributed by atoms with Crippen molar-refractivity contribution < 1.29 is 9.53 Å². The maximum atomic E-state index is 11.5. The second-order valence-electron chi connectivity index (χ2n) is 3.16. The summed E-state index contributed by atoms with van der Waals surface area (Å²) in [5, 5.41) is 0. The van der Waals surface area contributed by atoms with Crippen LogP contribution >= 0.6 is 0 Å². The highest BCUT2D eigenvalue weighted by molar-refractivity contribution is 5.76. The molecule has 1 fully saturated rings. The van der Waals surface area contributed by atoms with Crippen molar-refractivity contribution in [3.05, 3.63) is 0 Å². The lowest BCUT2D eigenvalue weighted by Crippen LogP contribution is -2.44. The molecular weight excluding hydrogens is 154 g/mol. The van der Waals surface area contributed by atoms with E-state index < -0.39 is 0 Å². The van der Waals surface area contributed by atoms with Gasteiger partial charge in [0, 0.05) is 13.0 Å². The molecule has 0 aromatic rings. The van der Waals surface area contributed by atoms with Crippen LogP contribution < -0.4 is 0 Å². The summed E-state index contributed by atoms with van der Waals surface area (Å²) in [7, 11) is 0. The van der Waals surface area contributed by atoms with E-state index in [0.29, 0.717) is 6.42 Å². The lowest BCUT2D eigenvalue weighted by Gasteiger charge is -2.33. The van der Waals surface area contributed by atoms with Gasteiger partial charge in [0.05, 0.1) is 6.61 Å². The van der Waals surface area contributed by atoms with Gasteiger partial charge in [-0.05, 0) is 19.8 Å². The Kier molecular flexibility index (Phi) is 3.53. The molecule has 1 unspecified atom stereocenters. The number of rotatable bonds is 2. The van der Waals surface area contributed by atoms with Crippen LogP contribution in [0, 0.1) is 0 Å². The largest absolute Gasteiger partial charge is 0.359 e. The number of nitrogens with zero attached hydrogens (tertiary/aromatic N) is 1. The zero-order valence-corrected chi connectivity index (χ0v) is 7.88. The summed E-state index contributed by atoms with van der Waals surface area (Å²) in [6, 6.07) is 0. The maximum Gasteiger partial charge on any atom is 0.224 e. The molecule has 70 valence electrons. The molecule has 0 aliphatic carbocycles. The van der Waals surface area contributed by atoms with Gasteiger partial charge in [-0.3, -0.25) is 4.79 Å². The number of hydrogen-bond donors (Lipinski definition) is 0. The number of ether oxygens (including phenoxy) is 1. The molecule has 1 aliphatic heterocycles. The van der Waals surface area contributed by atoms with E-state index in [0.717, 1.165) is 26.0 Å². The molecule has 1 heterocycles. The molecular formula is C9H17NO2. The smallest absolute Gasteiger partial charge is 0.224 e. The fourth-order valence-electron chi connectivity index (χ4n) is 1.45. The zero-order valence-electron chi connectivity index (χ0n) is 7.88. The van der Waals surface area contributed by atoms with Crippen LogP contribution in [0.5, 0.6) is 0 Å². The monoisotopic (exact) mass is 171 g/mol. The quantitative estimate of drug-likeness (QED) is 0.628. The standard InChI is InChI=1S/C9H17NO2/c1-3-5-9(11)10-6-4-7-12-8(10)2/h8H,3-7H2,1-2H3. The molecule has 3 heteroatoms. The van der Waals surface area contributed by atoms with Crippen molar-refractivity contribution in [2.45, 2.75) is 39.3 Å². The molecule has 1 rings (SSSR count). The summed E-state index contributed by atoms with van der Waals surface area (Å²) in [6.07, 6.45) is 2.52. The van der Waals surface area contributed by atoms with Gasteiger partial charge < -0.3 is 9.64 Å². The molecule has 1 atom stereocenters. The van der Waals surface area contributed by atoms with Crippen LogP contribution in [0.3, 0.4) is 0 Å². The van der Waals surface area contributed by atoms with E-state index in [4.69, 9.17) is 4.74 Å². The van der Waals surface area contributed by atoms with Gasteiger partial charge in [-0.15, -0.1) is 0 Å². The normalized spacial score (nSPS) is 24.2. The van der Waals surface area contributed by atoms with Crippen molar-refractivity contribution in [1.82, 2.24) is 4.90 Å². The van der Waals surface area contributed by atoms with Gasteiger partial charge >= 0.3 is 0 Å².